The van der Waals surface area contributed by atoms with Gasteiger partial charge >= 0.3 is 17.9 Å². The fraction of sp³-hybridized carbons (Fsp3) is 0.484. The van der Waals surface area contributed by atoms with E-state index in [9.17, 15) is 18.8 Å². The van der Waals surface area contributed by atoms with Crippen molar-refractivity contribution in [2.24, 2.45) is 10.9 Å². The minimum Gasteiger partial charge on any atom is -0.444 e. The van der Waals surface area contributed by atoms with Crippen LogP contribution in [0.1, 0.15) is 58.2 Å². The number of fused-ring (bicyclic) bond motifs is 1. The molecule has 0 saturated carbocycles. The van der Waals surface area contributed by atoms with Crippen LogP contribution in [0.3, 0.4) is 0 Å². The highest BCUT2D eigenvalue weighted by atomic mass is 35.5. The Kier molecular flexibility index (Phi) is 10.1. The topological polar surface area (TPSA) is 97.3 Å². The number of nitrogens with one attached hydrogen (secondary N) is 1. The van der Waals surface area contributed by atoms with Crippen LogP contribution in [0.25, 0.3) is 0 Å². The Morgan fingerprint density at radius 3 is 2.36 bits per heavy atom. The molecule has 3 rings (SSSR count). The van der Waals surface area contributed by atoms with Crippen LogP contribution in [0.2, 0.25) is 23.2 Å². The number of carbonyl (C=O) groups excluding carboxylic acids is 3. The standard InChI is InChI=1S/C31H41ClFN3O5Si/c1-30(2,3)41-29(39)36(7)17-19-10-12-23-20(14-19)15-21(18-40-42(8,9)31(4,5)6)26(23)35-28(38)27(37)34-22-11-13-24(32)25(33)16-22/h10-14,16,21H,15,17-18H2,1-9H3,(H,34,37)/t21-/m1/s1. The van der Waals surface area contributed by atoms with Crippen LogP contribution >= 0.6 is 11.6 Å². The summed E-state index contributed by atoms with van der Waals surface area (Å²) in [6.07, 6.45) is 0.132. The number of ether oxygens (including phenoxy) is 1. The summed E-state index contributed by atoms with van der Waals surface area (Å²) in [6.45, 7) is 16.9. The number of amides is 3. The number of hydrogen-bond acceptors (Lipinski definition) is 5. The first-order valence-electron chi connectivity index (χ1n) is 13.9. The Morgan fingerprint density at radius 2 is 1.76 bits per heavy atom. The van der Waals surface area contributed by atoms with E-state index >= 15 is 0 Å². The molecule has 0 unspecified atom stereocenters. The van der Waals surface area contributed by atoms with Gasteiger partial charge in [-0.1, -0.05) is 50.6 Å². The molecule has 1 aliphatic carbocycles. The van der Waals surface area contributed by atoms with Gasteiger partial charge in [0.1, 0.15) is 11.4 Å². The molecule has 0 radical (unpaired) electrons. The Bertz CT molecular complexity index is 1400. The predicted octanol–water partition coefficient (Wildman–Crippen LogP) is 6.99. The lowest BCUT2D eigenvalue weighted by atomic mass is 10.0. The van der Waals surface area contributed by atoms with Crippen LogP contribution in [0.5, 0.6) is 0 Å². The van der Waals surface area contributed by atoms with Gasteiger partial charge in [-0.15, -0.1) is 0 Å². The van der Waals surface area contributed by atoms with Gasteiger partial charge in [0.2, 0.25) is 0 Å². The summed E-state index contributed by atoms with van der Waals surface area (Å²) < 4.78 is 25.8. The molecule has 42 heavy (non-hydrogen) atoms. The van der Waals surface area contributed by atoms with Crippen LogP contribution in [0, 0.1) is 11.7 Å². The van der Waals surface area contributed by atoms with Crippen molar-refractivity contribution in [3.63, 3.8) is 0 Å². The fourth-order valence-corrected chi connectivity index (χ4v) is 5.33. The van der Waals surface area contributed by atoms with E-state index in [2.05, 4.69) is 44.2 Å². The number of halogens is 2. The molecule has 0 heterocycles. The van der Waals surface area contributed by atoms with E-state index in [1.807, 2.05) is 39.0 Å². The zero-order chi connectivity index (χ0) is 31.6. The first kappa shape index (κ1) is 33.4. The van der Waals surface area contributed by atoms with Crippen molar-refractivity contribution < 1.29 is 27.9 Å². The summed E-state index contributed by atoms with van der Waals surface area (Å²) in [4.78, 5) is 43.9. The SMILES string of the molecule is CN(Cc1ccc2c(c1)C[C@H](CO[Si](C)(C)C(C)(C)C)C2=NC(=O)C(=O)Nc1ccc(Cl)c(F)c1)C(=O)OC(C)(C)C. The zero-order valence-corrected chi connectivity index (χ0v) is 27.6. The average Bonchev–Trinajstić information content (AvgIpc) is 3.19. The van der Waals surface area contributed by atoms with Gasteiger partial charge < -0.3 is 19.4 Å². The maximum atomic E-state index is 13.8. The van der Waals surface area contributed by atoms with Crippen LogP contribution in [-0.4, -0.2) is 56.1 Å². The highest BCUT2D eigenvalue weighted by Gasteiger charge is 2.39. The zero-order valence-electron chi connectivity index (χ0n) is 25.9. The van der Waals surface area contributed by atoms with E-state index in [1.54, 1.807) is 7.05 Å². The van der Waals surface area contributed by atoms with Crippen LogP contribution in [0.4, 0.5) is 14.9 Å². The van der Waals surface area contributed by atoms with Gasteiger partial charge in [0.05, 0.1) is 10.7 Å². The Balaban J connectivity index is 1.88. The van der Waals surface area contributed by atoms with E-state index in [0.29, 0.717) is 25.3 Å². The van der Waals surface area contributed by atoms with Gasteiger partial charge in [0, 0.05) is 31.8 Å². The molecule has 1 N–H and O–H groups in total. The van der Waals surface area contributed by atoms with E-state index in [1.165, 1.54) is 17.0 Å². The molecule has 2 aromatic carbocycles. The lowest BCUT2D eigenvalue weighted by molar-refractivity contribution is -0.134. The summed E-state index contributed by atoms with van der Waals surface area (Å²) in [7, 11) is -0.442. The molecule has 0 spiro atoms. The number of rotatable bonds is 6. The van der Waals surface area contributed by atoms with Gasteiger partial charge in [-0.3, -0.25) is 9.59 Å². The highest BCUT2D eigenvalue weighted by molar-refractivity contribution is 6.74. The summed E-state index contributed by atoms with van der Waals surface area (Å²) in [5.41, 5.74) is 2.55. The average molecular weight is 618 g/mol. The number of hydrogen-bond donors (Lipinski definition) is 1. The van der Waals surface area contributed by atoms with Gasteiger partial charge in [0.25, 0.3) is 0 Å². The van der Waals surface area contributed by atoms with Crippen molar-refractivity contribution >= 4 is 49.2 Å². The third-order valence-corrected chi connectivity index (χ3v) is 12.3. The molecule has 0 saturated heterocycles. The van der Waals surface area contributed by atoms with Crippen molar-refractivity contribution in [3.8, 4) is 0 Å². The van der Waals surface area contributed by atoms with Crippen molar-refractivity contribution in [2.45, 2.75) is 78.2 Å². The number of benzene rings is 2. The van der Waals surface area contributed by atoms with Gasteiger partial charge in [-0.2, -0.15) is 0 Å². The Labute approximate surface area is 253 Å². The van der Waals surface area contributed by atoms with Crippen molar-refractivity contribution in [1.29, 1.82) is 0 Å². The molecule has 0 aliphatic heterocycles. The molecular weight excluding hydrogens is 577 g/mol. The van der Waals surface area contributed by atoms with Crippen LogP contribution < -0.4 is 5.32 Å². The molecule has 228 valence electrons. The maximum Gasteiger partial charge on any atom is 0.410 e. The third kappa shape index (κ3) is 8.49. The normalized spacial score (nSPS) is 16.3. The highest BCUT2D eigenvalue weighted by Crippen LogP contribution is 2.38. The third-order valence-electron chi connectivity index (χ3n) is 7.47. The van der Waals surface area contributed by atoms with Gasteiger partial charge in [0.15, 0.2) is 8.32 Å². The smallest absolute Gasteiger partial charge is 0.410 e. The largest absolute Gasteiger partial charge is 0.444 e. The summed E-state index contributed by atoms with van der Waals surface area (Å²) in [6, 6.07) is 9.45. The van der Waals surface area contributed by atoms with Gasteiger partial charge in [-0.05, 0) is 80.2 Å². The molecule has 3 amide bonds. The minimum absolute atomic E-state index is 0.0151. The predicted molar refractivity (Wildman–Crippen MR) is 166 cm³/mol. The quantitative estimate of drug-likeness (QED) is 0.278. The summed E-state index contributed by atoms with van der Waals surface area (Å²) in [5, 5.41) is 2.28. The molecule has 2 aromatic rings. The lowest BCUT2D eigenvalue weighted by Crippen LogP contribution is -2.42. The molecule has 0 bridgehead atoms. The molecule has 8 nitrogen and oxygen atoms in total. The van der Waals surface area contributed by atoms with E-state index in [-0.39, 0.29) is 21.7 Å². The second-order valence-electron chi connectivity index (χ2n) is 13.2. The Hall–Kier alpha value is -3.08. The van der Waals surface area contributed by atoms with Gasteiger partial charge in [-0.25, -0.2) is 14.2 Å². The molecule has 0 fully saturated rings. The lowest BCUT2D eigenvalue weighted by Gasteiger charge is -2.37. The monoisotopic (exact) mass is 617 g/mol. The van der Waals surface area contributed by atoms with Crippen LogP contribution in [-0.2, 0) is 31.7 Å². The number of aliphatic imine (C=N–C) groups is 1. The fourth-order valence-electron chi connectivity index (χ4n) is 4.16. The number of nitrogens with zero attached hydrogens (tertiary/aromatic N) is 2. The summed E-state index contributed by atoms with van der Waals surface area (Å²) >= 11 is 5.72. The number of anilines is 1. The van der Waals surface area contributed by atoms with Crippen molar-refractivity contribution in [3.05, 3.63) is 63.9 Å². The van der Waals surface area contributed by atoms with Crippen molar-refractivity contribution in [2.75, 3.05) is 19.0 Å². The molecular formula is C31H41ClFN3O5Si. The van der Waals surface area contributed by atoms with Crippen LogP contribution in [0.15, 0.2) is 41.4 Å². The number of carbonyl (C=O) groups is 3. The van der Waals surface area contributed by atoms with Crippen molar-refractivity contribution in [1.82, 2.24) is 4.90 Å². The van der Waals surface area contributed by atoms with E-state index in [0.717, 1.165) is 22.8 Å². The first-order chi connectivity index (χ1) is 19.3. The minimum atomic E-state index is -2.12. The molecule has 1 atom stereocenters. The first-order valence-corrected chi connectivity index (χ1v) is 17.2. The molecule has 0 aromatic heterocycles. The molecule has 11 heteroatoms. The molecule has 1 aliphatic rings. The second-order valence-corrected chi connectivity index (χ2v) is 18.4. The second kappa shape index (κ2) is 12.6. The maximum absolute atomic E-state index is 13.8. The Morgan fingerprint density at radius 1 is 1.10 bits per heavy atom. The van der Waals surface area contributed by atoms with E-state index < -0.39 is 37.6 Å². The van der Waals surface area contributed by atoms with E-state index in [4.69, 9.17) is 20.8 Å². The summed E-state index contributed by atoms with van der Waals surface area (Å²) in [5.74, 6) is -2.96.